The van der Waals surface area contributed by atoms with E-state index in [2.05, 4.69) is 0 Å². The minimum absolute atomic E-state index is 0.239. The van der Waals surface area contributed by atoms with Crippen LogP contribution in [0.15, 0.2) is 11.5 Å². The predicted octanol–water partition coefficient (Wildman–Crippen LogP) is 0.779. The zero-order chi connectivity index (χ0) is 6.85. The number of aliphatic hydroxyl groups is 1. The lowest BCUT2D eigenvalue weighted by Crippen LogP contribution is -2.05. The quantitative estimate of drug-likeness (QED) is 0.562. The molecule has 0 aromatic rings. The first-order valence-corrected chi connectivity index (χ1v) is 3.04. The Morgan fingerprint density at radius 3 is 2.56 bits per heavy atom. The Kier molecular flexibility index (Phi) is 1.83. The molecule has 0 saturated heterocycles. The number of ether oxygens (including phenoxy) is 2. The van der Waals surface area contributed by atoms with Gasteiger partial charge in [0.1, 0.15) is 5.76 Å². The van der Waals surface area contributed by atoms with Crippen molar-refractivity contribution < 1.29 is 14.6 Å². The van der Waals surface area contributed by atoms with Gasteiger partial charge in [0.25, 0.3) is 0 Å². The summed E-state index contributed by atoms with van der Waals surface area (Å²) in [5.41, 5.74) is 0. The van der Waals surface area contributed by atoms with Gasteiger partial charge in [0.05, 0.1) is 5.88 Å². The molecule has 1 aliphatic heterocycles. The zero-order valence-corrected chi connectivity index (χ0v) is 5.68. The summed E-state index contributed by atoms with van der Waals surface area (Å²) in [6.45, 7) is 0.534. The van der Waals surface area contributed by atoms with Crippen LogP contribution >= 0.6 is 11.6 Å². The van der Waals surface area contributed by atoms with Crippen LogP contribution in [-0.2, 0) is 9.47 Å². The molecular weight excluding hydrogens is 144 g/mol. The Hall–Kier alpha value is -0.410. The summed E-state index contributed by atoms with van der Waals surface area (Å²) in [5.74, 6) is 1.30. The first kappa shape index (κ1) is 6.71. The van der Waals surface area contributed by atoms with E-state index in [0.29, 0.717) is 11.5 Å². The van der Waals surface area contributed by atoms with Crippen molar-refractivity contribution in [3.05, 3.63) is 11.5 Å². The maximum Gasteiger partial charge on any atom is 0.357 e. The Morgan fingerprint density at radius 2 is 2.33 bits per heavy atom. The van der Waals surface area contributed by atoms with Crippen molar-refractivity contribution in [3.63, 3.8) is 0 Å². The molecule has 0 spiro atoms. The minimum atomic E-state index is -1.15. The topological polar surface area (TPSA) is 38.7 Å². The smallest absolute Gasteiger partial charge is 0.357 e. The van der Waals surface area contributed by atoms with Gasteiger partial charge in [-0.2, -0.15) is 0 Å². The average molecular weight is 151 g/mol. The second-order valence-electron chi connectivity index (χ2n) is 1.66. The average Bonchev–Trinajstić information content (AvgIpc) is 2.10. The molecule has 1 unspecified atom stereocenters. The van der Waals surface area contributed by atoms with Gasteiger partial charge in [-0.05, 0) is 6.92 Å². The van der Waals surface area contributed by atoms with E-state index in [1.165, 1.54) is 0 Å². The van der Waals surface area contributed by atoms with Gasteiger partial charge in [0.15, 0.2) is 5.76 Å². The number of hydrogen-bond donors (Lipinski definition) is 1. The van der Waals surface area contributed by atoms with Crippen LogP contribution in [0.3, 0.4) is 0 Å². The molecular formula is C5H7ClO3. The van der Waals surface area contributed by atoms with Gasteiger partial charge in [-0.1, -0.05) is 0 Å². The molecule has 1 heterocycles. The van der Waals surface area contributed by atoms with E-state index in [1.54, 1.807) is 6.92 Å². The highest BCUT2D eigenvalue weighted by Crippen LogP contribution is 2.20. The SMILES string of the molecule is CC1=C(CCl)OC(O)O1. The van der Waals surface area contributed by atoms with Crippen LogP contribution in [0.1, 0.15) is 6.92 Å². The van der Waals surface area contributed by atoms with Crippen LogP contribution in [0, 0.1) is 0 Å². The third-order valence-corrected chi connectivity index (χ3v) is 1.28. The van der Waals surface area contributed by atoms with Crippen molar-refractivity contribution in [2.75, 3.05) is 5.88 Å². The second kappa shape index (κ2) is 2.45. The molecule has 1 rings (SSSR count). The minimum Gasteiger partial charge on any atom is -0.434 e. The highest BCUT2D eigenvalue weighted by molar-refractivity contribution is 6.19. The van der Waals surface area contributed by atoms with Gasteiger partial charge < -0.3 is 14.6 Å². The predicted molar refractivity (Wildman–Crippen MR) is 31.6 cm³/mol. The number of allylic oxidation sites excluding steroid dienone is 2. The monoisotopic (exact) mass is 150 g/mol. The van der Waals surface area contributed by atoms with E-state index in [0.717, 1.165) is 0 Å². The molecule has 52 valence electrons. The fraction of sp³-hybridized carbons (Fsp3) is 0.600. The number of rotatable bonds is 1. The maximum absolute atomic E-state index is 8.66. The molecule has 1 atom stereocenters. The van der Waals surface area contributed by atoms with Crippen molar-refractivity contribution in [2.24, 2.45) is 0 Å². The van der Waals surface area contributed by atoms with Gasteiger partial charge in [-0.25, -0.2) is 0 Å². The molecule has 0 amide bonds. The lowest BCUT2D eigenvalue weighted by atomic mass is 10.5. The van der Waals surface area contributed by atoms with Crippen molar-refractivity contribution in [1.82, 2.24) is 0 Å². The first-order chi connectivity index (χ1) is 4.24. The van der Waals surface area contributed by atoms with Gasteiger partial charge in [-0.3, -0.25) is 0 Å². The van der Waals surface area contributed by atoms with E-state index in [4.69, 9.17) is 26.2 Å². The van der Waals surface area contributed by atoms with Gasteiger partial charge >= 0.3 is 6.48 Å². The summed E-state index contributed by atoms with van der Waals surface area (Å²) in [4.78, 5) is 0. The molecule has 1 N–H and O–H groups in total. The van der Waals surface area contributed by atoms with E-state index in [1.807, 2.05) is 0 Å². The lowest BCUT2D eigenvalue weighted by Gasteiger charge is -2.00. The van der Waals surface area contributed by atoms with Crippen LogP contribution in [-0.4, -0.2) is 17.5 Å². The number of hydrogen-bond acceptors (Lipinski definition) is 3. The Bertz CT molecular complexity index is 143. The largest absolute Gasteiger partial charge is 0.434 e. The molecule has 3 nitrogen and oxygen atoms in total. The number of halogens is 1. The number of alkyl halides is 1. The fourth-order valence-electron chi connectivity index (χ4n) is 0.571. The van der Waals surface area contributed by atoms with Crippen LogP contribution in [0.2, 0.25) is 0 Å². The van der Waals surface area contributed by atoms with E-state index in [-0.39, 0.29) is 5.88 Å². The molecule has 0 fully saturated rings. The second-order valence-corrected chi connectivity index (χ2v) is 1.92. The zero-order valence-electron chi connectivity index (χ0n) is 4.93. The molecule has 1 aliphatic rings. The highest BCUT2D eigenvalue weighted by atomic mass is 35.5. The first-order valence-electron chi connectivity index (χ1n) is 2.51. The maximum atomic E-state index is 8.66. The van der Waals surface area contributed by atoms with Crippen LogP contribution in [0.5, 0.6) is 0 Å². The Morgan fingerprint density at radius 1 is 1.67 bits per heavy atom. The van der Waals surface area contributed by atoms with Gasteiger partial charge in [0, 0.05) is 0 Å². The lowest BCUT2D eigenvalue weighted by molar-refractivity contribution is -0.192. The van der Waals surface area contributed by atoms with Crippen molar-refractivity contribution >= 4 is 11.6 Å². The van der Waals surface area contributed by atoms with Crippen molar-refractivity contribution in [3.8, 4) is 0 Å². The summed E-state index contributed by atoms with van der Waals surface area (Å²) < 4.78 is 9.40. The molecule has 0 saturated carbocycles. The summed E-state index contributed by atoms with van der Waals surface area (Å²) in [6, 6.07) is 0. The van der Waals surface area contributed by atoms with E-state index in [9.17, 15) is 0 Å². The molecule has 9 heavy (non-hydrogen) atoms. The highest BCUT2D eigenvalue weighted by Gasteiger charge is 2.20. The summed E-state index contributed by atoms with van der Waals surface area (Å²) in [6.07, 6.45) is 0. The summed E-state index contributed by atoms with van der Waals surface area (Å²) in [7, 11) is 0. The van der Waals surface area contributed by atoms with E-state index >= 15 is 0 Å². The fourth-order valence-corrected chi connectivity index (χ4v) is 0.822. The van der Waals surface area contributed by atoms with Crippen LogP contribution in [0.4, 0.5) is 0 Å². The van der Waals surface area contributed by atoms with Gasteiger partial charge in [0.2, 0.25) is 0 Å². The molecule has 0 aromatic carbocycles. The van der Waals surface area contributed by atoms with Gasteiger partial charge in [-0.15, -0.1) is 11.6 Å². The molecule has 0 bridgehead atoms. The summed E-state index contributed by atoms with van der Waals surface area (Å²) in [5, 5.41) is 8.66. The molecule has 4 heteroatoms. The normalized spacial score (nSPS) is 25.9. The molecule has 0 aromatic heterocycles. The third kappa shape index (κ3) is 1.28. The molecule has 0 radical (unpaired) electrons. The molecule has 0 aliphatic carbocycles. The third-order valence-electron chi connectivity index (χ3n) is 1.03. The van der Waals surface area contributed by atoms with Crippen molar-refractivity contribution in [1.29, 1.82) is 0 Å². The standard InChI is InChI=1S/C5H7ClO3/c1-3-4(2-6)9-5(7)8-3/h5,7H,2H2,1H3. The van der Waals surface area contributed by atoms with Crippen LogP contribution in [0.25, 0.3) is 0 Å². The van der Waals surface area contributed by atoms with Crippen molar-refractivity contribution in [2.45, 2.75) is 13.4 Å². The summed E-state index contributed by atoms with van der Waals surface area (Å²) >= 11 is 5.39. The van der Waals surface area contributed by atoms with E-state index < -0.39 is 6.48 Å². The Balaban J connectivity index is 2.58. The van der Waals surface area contributed by atoms with Crippen LogP contribution < -0.4 is 0 Å². The number of aliphatic hydroxyl groups excluding tert-OH is 1. The Labute approximate surface area is 57.8 Å².